The summed E-state index contributed by atoms with van der Waals surface area (Å²) in [5.74, 6) is -0.0592. The third-order valence-corrected chi connectivity index (χ3v) is 2.51. The molecule has 6 nitrogen and oxygen atoms in total. The van der Waals surface area contributed by atoms with Gasteiger partial charge in [0.1, 0.15) is 11.6 Å². The minimum absolute atomic E-state index is 0.0592. The number of hydrogen-bond donors (Lipinski definition) is 0. The van der Waals surface area contributed by atoms with Crippen molar-refractivity contribution in [3.05, 3.63) is 0 Å². The van der Waals surface area contributed by atoms with Crippen molar-refractivity contribution in [1.29, 1.82) is 0 Å². The molecule has 1 aliphatic rings. The Morgan fingerprint density at radius 3 is 2.39 bits per heavy atom. The van der Waals surface area contributed by atoms with Crippen LogP contribution in [-0.2, 0) is 14.4 Å². The van der Waals surface area contributed by atoms with Crippen molar-refractivity contribution >= 4 is 12.1 Å². The van der Waals surface area contributed by atoms with Gasteiger partial charge < -0.3 is 14.5 Å². The molecule has 1 heterocycles. The van der Waals surface area contributed by atoms with Crippen LogP contribution in [0.3, 0.4) is 0 Å². The van der Waals surface area contributed by atoms with Crippen LogP contribution in [0.4, 0.5) is 4.79 Å². The monoisotopic (exact) mass is 258 g/mol. The number of rotatable bonds is 2. The Kier molecular flexibility index (Phi) is 4.56. The summed E-state index contributed by atoms with van der Waals surface area (Å²) < 4.78 is 5.06. The van der Waals surface area contributed by atoms with E-state index in [2.05, 4.69) is 0 Å². The van der Waals surface area contributed by atoms with E-state index in [1.54, 1.807) is 34.9 Å². The van der Waals surface area contributed by atoms with Crippen LogP contribution in [0.2, 0.25) is 0 Å². The Hall–Kier alpha value is -1.30. The first-order valence-corrected chi connectivity index (χ1v) is 6.09. The van der Waals surface area contributed by atoms with Gasteiger partial charge in [0.15, 0.2) is 0 Å². The summed E-state index contributed by atoms with van der Waals surface area (Å²) in [6.45, 7) is 5.85. The first-order valence-electron chi connectivity index (χ1n) is 6.09. The molecule has 1 aliphatic heterocycles. The molecular weight excluding hydrogens is 236 g/mol. The van der Waals surface area contributed by atoms with Crippen LogP contribution in [0.1, 0.15) is 33.6 Å². The lowest BCUT2D eigenvalue weighted by atomic mass is 10.2. The molecule has 1 atom stereocenters. The van der Waals surface area contributed by atoms with Crippen LogP contribution in [0.25, 0.3) is 0 Å². The maximum Gasteiger partial charge on any atom is 0.528 e. The van der Waals surface area contributed by atoms with Gasteiger partial charge in [0.05, 0.1) is 0 Å². The molecule has 0 spiro atoms. The molecule has 1 fully saturated rings. The molecular formula is C12H22N2O4. The van der Waals surface area contributed by atoms with Gasteiger partial charge in [0.2, 0.25) is 5.91 Å². The standard InChI is InChI=1S/C12H22N2O4/c1-12(2,3)17-11(16)18-14-8-6-7-9(14)10(15)13(4)5/h9H,6-8H2,1-5H3. The fourth-order valence-corrected chi connectivity index (χ4v) is 1.76. The van der Waals surface area contributed by atoms with Crippen LogP contribution in [0.5, 0.6) is 0 Å². The molecule has 0 aliphatic carbocycles. The first kappa shape index (κ1) is 14.8. The van der Waals surface area contributed by atoms with Gasteiger partial charge >= 0.3 is 6.16 Å². The molecule has 1 amide bonds. The fraction of sp³-hybridized carbons (Fsp3) is 0.833. The van der Waals surface area contributed by atoms with Crippen molar-refractivity contribution < 1.29 is 19.2 Å². The Labute approximate surface area is 108 Å². The van der Waals surface area contributed by atoms with Crippen LogP contribution in [0.15, 0.2) is 0 Å². The Morgan fingerprint density at radius 1 is 1.28 bits per heavy atom. The number of hydroxylamine groups is 2. The summed E-state index contributed by atoms with van der Waals surface area (Å²) in [5.41, 5.74) is -0.599. The molecule has 0 aromatic carbocycles. The topological polar surface area (TPSA) is 59.1 Å². The first-order chi connectivity index (χ1) is 8.20. The predicted octanol–water partition coefficient (Wildman–Crippen LogP) is 1.41. The minimum atomic E-state index is -0.763. The predicted molar refractivity (Wildman–Crippen MR) is 65.7 cm³/mol. The highest BCUT2D eigenvalue weighted by molar-refractivity contribution is 5.81. The van der Waals surface area contributed by atoms with Gasteiger partial charge in [0.25, 0.3) is 0 Å². The lowest BCUT2D eigenvalue weighted by Crippen LogP contribution is -2.44. The smallest absolute Gasteiger partial charge is 0.427 e. The van der Waals surface area contributed by atoms with E-state index in [-0.39, 0.29) is 5.91 Å². The van der Waals surface area contributed by atoms with Crippen molar-refractivity contribution in [2.75, 3.05) is 20.6 Å². The fourth-order valence-electron chi connectivity index (χ4n) is 1.76. The Bertz CT molecular complexity index is 323. The summed E-state index contributed by atoms with van der Waals surface area (Å²) in [5, 5.41) is 1.41. The summed E-state index contributed by atoms with van der Waals surface area (Å²) in [6, 6.07) is -0.396. The van der Waals surface area contributed by atoms with Crippen LogP contribution >= 0.6 is 0 Å². The van der Waals surface area contributed by atoms with Crippen molar-refractivity contribution in [3.63, 3.8) is 0 Å². The maximum absolute atomic E-state index is 11.9. The third-order valence-electron chi connectivity index (χ3n) is 2.51. The highest BCUT2D eigenvalue weighted by Gasteiger charge is 2.35. The van der Waals surface area contributed by atoms with E-state index in [9.17, 15) is 9.59 Å². The zero-order valence-electron chi connectivity index (χ0n) is 11.7. The van der Waals surface area contributed by atoms with Crippen molar-refractivity contribution in [2.45, 2.75) is 45.3 Å². The Balaban J connectivity index is 2.55. The van der Waals surface area contributed by atoms with Gasteiger partial charge in [-0.3, -0.25) is 4.79 Å². The van der Waals surface area contributed by atoms with Gasteiger partial charge in [-0.2, -0.15) is 0 Å². The molecule has 0 bridgehead atoms. The number of carbonyl (C=O) groups is 2. The largest absolute Gasteiger partial charge is 0.528 e. The zero-order valence-corrected chi connectivity index (χ0v) is 11.7. The average molecular weight is 258 g/mol. The van der Waals surface area contributed by atoms with Crippen LogP contribution < -0.4 is 0 Å². The van der Waals surface area contributed by atoms with Crippen molar-refractivity contribution in [3.8, 4) is 0 Å². The molecule has 104 valence electrons. The normalized spacial score (nSPS) is 20.6. The van der Waals surface area contributed by atoms with E-state index < -0.39 is 17.8 Å². The van der Waals surface area contributed by atoms with E-state index >= 15 is 0 Å². The van der Waals surface area contributed by atoms with E-state index in [1.807, 2.05) is 0 Å². The average Bonchev–Trinajstić information content (AvgIpc) is 2.61. The van der Waals surface area contributed by atoms with Crippen molar-refractivity contribution in [1.82, 2.24) is 9.96 Å². The van der Waals surface area contributed by atoms with E-state index in [0.717, 1.165) is 6.42 Å². The van der Waals surface area contributed by atoms with Gasteiger partial charge in [-0.15, -0.1) is 5.06 Å². The van der Waals surface area contributed by atoms with Gasteiger partial charge in [-0.05, 0) is 33.6 Å². The molecule has 1 rings (SSSR count). The second-order valence-electron chi connectivity index (χ2n) is 5.59. The Morgan fingerprint density at radius 2 is 1.89 bits per heavy atom. The number of amides is 1. The molecule has 0 aromatic heterocycles. The highest BCUT2D eigenvalue weighted by Crippen LogP contribution is 2.20. The number of carbonyl (C=O) groups excluding carboxylic acids is 2. The second-order valence-corrected chi connectivity index (χ2v) is 5.59. The molecule has 0 radical (unpaired) electrons. The summed E-state index contributed by atoms with van der Waals surface area (Å²) in [4.78, 5) is 30.0. The van der Waals surface area contributed by atoms with Gasteiger partial charge in [-0.1, -0.05) is 0 Å². The molecule has 18 heavy (non-hydrogen) atoms. The van der Waals surface area contributed by atoms with E-state index in [4.69, 9.17) is 9.57 Å². The number of ether oxygens (including phenoxy) is 1. The SMILES string of the molecule is CN(C)C(=O)C1CCCN1OC(=O)OC(C)(C)C. The van der Waals surface area contributed by atoms with Gasteiger partial charge in [0, 0.05) is 20.6 Å². The zero-order chi connectivity index (χ0) is 13.9. The maximum atomic E-state index is 11.9. The lowest BCUT2D eigenvalue weighted by molar-refractivity contribution is -0.167. The van der Waals surface area contributed by atoms with E-state index in [0.29, 0.717) is 13.0 Å². The molecule has 6 heteroatoms. The second kappa shape index (κ2) is 5.56. The number of nitrogens with zero attached hydrogens (tertiary/aromatic N) is 2. The quantitative estimate of drug-likeness (QED) is 0.701. The molecule has 1 saturated heterocycles. The van der Waals surface area contributed by atoms with Crippen LogP contribution in [-0.4, -0.2) is 54.3 Å². The third kappa shape index (κ3) is 4.18. The highest BCUT2D eigenvalue weighted by atomic mass is 16.8. The molecule has 0 aromatic rings. The molecule has 1 unspecified atom stereocenters. The van der Waals surface area contributed by atoms with E-state index in [1.165, 1.54) is 9.96 Å². The molecule has 0 saturated carbocycles. The summed E-state index contributed by atoms with van der Waals surface area (Å²) in [6.07, 6.45) is 0.758. The number of hydrogen-bond acceptors (Lipinski definition) is 5. The summed E-state index contributed by atoms with van der Waals surface area (Å²) >= 11 is 0. The van der Waals surface area contributed by atoms with Crippen molar-refractivity contribution in [2.24, 2.45) is 0 Å². The van der Waals surface area contributed by atoms with Crippen LogP contribution in [0, 0.1) is 0 Å². The number of likely N-dealkylation sites (N-methyl/N-ethyl adjacent to an activating group) is 1. The lowest BCUT2D eigenvalue weighted by Gasteiger charge is -2.26. The minimum Gasteiger partial charge on any atom is -0.427 e. The summed E-state index contributed by atoms with van der Waals surface area (Å²) in [7, 11) is 3.37. The van der Waals surface area contributed by atoms with Gasteiger partial charge in [-0.25, -0.2) is 4.79 Å². The molecule has 0 N–H and O–H groups in total.